The van der Waals surface area contributed by atoms with E-state index in [1.807, 2.05) is 24.3 Å². The molecule has 172 valence electrons. The normalized spacial score (nSPS) is 13.9. The Balaban J connectivity index is 1.46. The summed E-state index contributed by atoms with van der Waals surface area (Å²) >= 11 is 6.19. The first-order chi connectivity index (χ1) is 15.7. The molecule has 2 heterocycles. The summed E-state index contributed by atoms with van der Waals surface area (Å²) < 4.78 is 37.7. The lowest BCUT2D eigenvalue weighted by atomic mass is 10.0. The number of nitrogens with one attached hydrogen (secondary N) is 1. The third-order valence-electron chi connectivity index (χ3n) is 5.11. The molecule has 2 aromatic carbocycles. The van der Waals surface area contributed by atoms with Gasteiger partial charge >= 0.3 is 5.97 Å². The molecule has 0 bridgehead atoms. The van der Waals surface area contributed by atoms with Crippen LogP contribution in [0.3, 0.4) is 0 Å². The molecular weight excluding hydrogens is 470 g/mol. The first kappa shape index (κ1) is 23.0. The third kappa shape index (κ3) is 5.08. The zero-order valence-corrected chi connectivity index (χ0v) is 19.1. The van der Waals surface area contributed by atoms with E-state index in [4.69, 9.17) is 20.9 Å². The zero-order valence-electron chi connectivity index (χ0n) is 17.6. The van der Waals surface area contributed by atoms with E-state index in [0.29, 0.717) is 18.7 Å². The lowest BCUT2D eigenvalue weighted by Crippen LogP contribution is -2.36. The molecule has 1 aliphatic heterocycles. The Kier molecular flexibility index (Phi) is 6.50. The van der Waals surface area contributed by atoms with Crippen molar-refractivity contribution in [2.75, 3.05) is 18.5 Å². The second kappa shape index (κ2) is 9.34. The average Bonchev–Trinajstić information content (AvgIpc) is 3.21. The fourth-order valence-electron chi connectivity index (χ4n) is 3.46. The van der Waals surface area contributed by atoms with Crippen LogP contribution in [0.25, 0.3) is 0 Å². The molecule has 1 N–H and O–H groups in total. The van der Waals surface area contributed by atoms with Crippen LogP contribution in [0.15, 0.2) is 57.9 Å². The Morgan fingerprint density at radius 3 is 2.67 bits per heavy atom. The molecule has 0 unspecified atom stereocenters. The highest BCUT2D eigenvalue weighted by Gasteiger charge is 2.30. The number of hydrogen-bond acceptors (Lipinski definition) is 7. The van der Waals surface area contributed by atoms with Gasteiger partial charge in [-0.3, -0.25) is 4.79 Å². The molecule has 0 saturated heterocycles. The molecule has 0 spiro atoms. The van der Waals surface area contributed by atoms with Gasteiger partial charge in [-0.1, -0.05) is 41.0 Å². The first-order valence-corrected chi connectivity index (χ1v) is 11.8. The largest absolute Gasteiger partial charge is 0.452 e. The van der Waals surface area contributed by atoms with E-state index in [1.165, 1.54) is 28.6 Å². The molecule has 0 aliphatic carbocycles. The van der Waals surface area contributed by atoms with E-state index in [2.05, 4.69) is 10.5 Å². The average molecular weight is 490 g/mol. The van der Waals surface area contributed by atoms with E-state index in [1.54, 1.807) is 6.92 Å². The van der Waals surface area contributed by atoms with Crippen molar-refractivity contribution in [3.05, 3.63) is 76.0 Å². The van der Waals surface area contributed by atoms with Gasteiger partial charge in [-0.05, 0) is 42.7 Å². The number of aromatic nitrogens is 1. The number of sulfonamides is 1. The summed E-state index contributed by atoms with van der Waals surface area (Å²) in [5, 5.41) is 6.03. The van der Waals surface area contributed by atoms with Crippen molar-refractivity contribution in [2.24, 2.45) is 0 Å². The summed E-state index contributed by atoms with van der Waals surface area (Å²) in [5.41, 5.74) is 1.99. The molecule has 0 fully saturated rings. The summed E-state index contributed by atoms with van der Waals surface area (Å²) in [5.74, 6) is -0.782. The van der Waals surface area contributed by atoms with Gasteiger partial charge in [0.1, 0.15) is 10.7 Å². The summed E-state index contributed by atoms with van der Waals surface area (Å²) in [7, 11) is -3.97. The zero-order chi connectivity index (χ0) is 23.6. The number of ether oxygens (including phenoxy) is 1. The van der Waals surface area contributed by atoms with E-state index in [0.717, 1.165) is 11.1 Å². The highest BCUT2D eigenvalue weighted by molar-refractivity contribution is 7.89. The van der Waals surface area contributed by atoms with Gasteiger partial charge in [0.2, 0.25) is 10.0 Å². The number of esters is 1. The molecule has 9 nitrogen and oxygen atoms in total. The number of halogens is 1. The van der Waals surface area contributed by atoms with Crippen molar-refractivity contribution in [3.63, 3.8) is 0 Å². The van der Waals surface area contributed by atoms with Crippen LogP contribution >= 0.6 is 11.6 Å². The fourth-order valence-corrected chi connectivity index (χ4v) is 5.38. The number of hydrogen-bond donors (Lipinski definition) is 1. The summed E-state index contributed by atoms with van der Waals surface area (Å²) in [4.78, 5) is 24.2. The molecule has 1 aliphatic rings. The Morgan fingerprint density at radius 2 is 1.94 bits per heavy atom. The SMILES string of the molecule is Cc1cc(NC(=O)COC(=O)c2ccc(Cl)c(S(=O)(=O)N3CCc4ccccc4C3)c2)no1. The van der Waals surface area contributed by atoms with Gasteiger partial charge in [-0.15, -0.1) is 0 Å². The second-order valence-electron chi connectivity index (χ2n) is 7.45. The standard InChI is InChI=1S/C22H20ClN3O6S/c1-14-10-20(25-32-14)24-21(27)13-31-22(28)16-6-7-18(23)19(11-16)33(29,30)26-9-8-15-4-2-3-5-17(15)12-26/h2-7,10-11H,8-9,12-13H2,1H3,(H,24,25,27). The van der Waals surface area contributed by atoms with Gasteiger partial charge in [0.25, 0.3) is 5.91 Å². The fraction of sp³-hybridized carbons (Fsp3) is 0.227. The summed E-state index contributed by atoms with van der Waals surface area (Å²) in [6, 6.07) is 13.0. The number of aryl methyl sites for hydroxylation is 1. The first-order valence-electron chi connectivity index (χ1n) is 10.0. The topological polar surface area (TPSA) is 119 Å². The van der Waals surface area contributed by atoms with E-state index in [9.17, 15) is 18.0 Å². The molecule has 3 aromatic rings. The number of carbonyl (C=O) groups is 2. The maximum atomic E-state index is 13.3. The minimum atomic E-state index is -3.97. The molecule has 0 radical (unpaired) electrons. The van der Waals surface area contributed by atoms with Gasteiger partial charge in [-0.25, -0.2) is 13.2 Å². The van der Waals surface area contributed by atoms with Crippen LogP contribution in [0.1, 0.15) is 27.2 Å². The van der Waals surface area contributed by atoms with Crippen LogP contribution in [-0.4, -0.2) is 42.9 Å². The smallest absolute Gasteiger partial charge is 0.338 e. The number of benzene rings is 2. The van der Waals surface area contributed by atoms with E-state index in [-0.39, 0.29) is 27.8 Å². The lowest BCUT2D eigenvalue weighted by Gasteiger charge is -2.28. The molecule has 1 amide bonds. The number of amides is 1. The third-order valence-corrected chi connectivity index (χ3v) is 7.44. The molecule has 0 saturated carbocycles. The van der Waals surface area contributed by atoms with Crippen LogP contribution in [0.4, 0.5) is 5.82 Å². The Morgan fingerprint density at radius 1 is 1.18 bits per heavy atom. The van der Waals surface area contributed by atoms with Crippen LogP contribution in [0.2, 0.25) is 5.02 Å². The molecule has 11 heteroatoms. The number of rotatable bonds is 6. The number of fused-ring (bicyclic) bond motifs is 1. The van der Waals surface area contributed by atoms with Gasteiger partial charge in [0.15, 0.2) is 12.4 Å². The maximum Gasteiger partial charge on any atom is 0.338 e. The van der Waals surface area contributed by atoms with E-state index < -0.39 is 28.5 Å². The van der Waals surface area contributed by atoms with Crippen LogP contribution in [0, 0.1) is 6.92 Å². The van der Waals surface area contributed by atoms with Crippen molar-refractivity contribution in [1.29, 1.82) is 0 Å². The molecule has 1 aromatic heterocycles. The van der Waals surface area contributed by atoms with Crippen molar-refractivity contribution in [3.8, 4) is 0 Å². The molecule has 0 atom stereocenters. The van der Waals surface area contributed by atoms with Gasteiger partial charge < -0.3 is 14.6 Å². The van der Waals surface area contributed by atoms with Crippen molar-refractivity contribution in [2.45, 2.75) is 24.8 Å². The minimum absolute atomic E-state index is 0.00967. The number of anilines is 1. The summed E-state index contributed by atoms with van der Waals surface area (Å²) in [6.45, 7) is 1.59. The maximum absolute atomic E-state index is 13.3. The van der Waals surface area contributed by atoms with Crippen LogP contribution < -0.4 is 5.32 Å². The number of nitrogens with zero attached hydrogens (tertiary/aromatic N) is 2. The van der Waals surface area contributed by atoms with Gasteiger partial charge in [-0.2, -0.15) is 4.31 Å². The predicted molar refractivity (Wildman–Crippen MR) is 119 cm³/mol. The van der Waals surface area contributed by atoms with Crippen molar-refractivity contribution < 1.29 is 27.3 Å². The Hall–Kier alpha value is -3.21. The lowest BCUT2D eigenvalue weighted by molar-refractivity contribution is -0.119. The van der Waals surface area contributed by atoms with Gasteiger partial charge in [0.05, 0.1) is 10.6 Å². The quantitative estimate of drug-likeness (QED) is 0.528. The monoisotopic (exact) mass is 489 g/mol. The van der Waals surface area contributed by atoms with E-state index >= 15 is 0 Å². The van der Waals surface area contributed by atoms with Crippen LogP contribution in [-0.2, 0) is 32.5 Å². The Bertz CT molecular complexity index is 1320. The molecule has 33 heavy (non-hydrogen) atoms. The minimum Gasteiger partial charge on any atom is -0.452 e. The highest BCUT2D eigenvalue weighted by Crippen LogP contribution is 2.30. The Labute approximate surface area is 195 Å². The van der Waals surface area contributed by atoms with Gasteiger partial charge in [0, 0.05) is 19.2 Å². The van der Waals surface area contributed by atoms with Crippen LogP contribution in [0.5, 0.6) is 0 Å². The summed E-state index contributed by atoms with van der Waals surface area (Å²) in [6.07, 6.45) is 0.578. The molecule has 4 rings (SSSR count). The van der Waals surface area contributed by atoms with Crippen molar-refractivity contribution >= 4 is 39.3 Å². The second-order valence-corrected chi connectivity index (χ2v) is 9.76. The van der Waals surface area contributed by atoms with Crippen molar-refractivity contribution in [1.82, 2.24) is 9.46 Å². The number of carbonyl (C=O) groups excluding carboxylic acids is 2. The highest BCUT2D eigenvalue weighted by atomic mass is 35.5. The predicted octanol–water partition coefficient (Wildman–Crippen LogP) is 3.18. The molecular formula is C22H20ClN3O6S.